The van der Waals surface area contributed by atoms with Gasteiger partial charge in [0.15, 0.2) is 15.7 Å². The summed E-state index contributed by atoms with van der Waals surface area (Å²) < 4.78 is 27.2. The minimum atomic E-state index is -3.88. The maximum Gasteiger partial charge on any atom is 0.246 e. The average molecular weight is 313 g/mol. The molecule has 1 N–H and O–H groups in total. The van der Waals surface area contributed by atoms with Gasteiger partial charge in [0.1, 0.15) is 16.3 Å². The van der Waals surface area contributed by atoms with Crippen LogP contribution in [0.5, 0.6) is 0 Å². The molecular formula is C13H19N3O4S. The second kappa shape index (κ2) is 5.48. The highest BCUT2D eigenvalue weighted by Crippen LogP contribution is 2.25. The average Bonchev–Trinajstić information content (AvgIpc) is 2.76. The Bertz CT molecular complexity index is 675. The Morgan fingerprint density at radius 3 is 2.38 bits per heavy atom. The van der Waals surface area contributed by atoms with E-state index in [0.717, 1.165) is 0 Å². The van der Waals surface area contributed by atoms with Crippen LogP contribution >= 0.6 is 0 Å². The van der Waals surface area contributed by atoms with E-state index in [-0.39, 0.29) is 11.2 Å². The maximum atomic E-state index is 12.1. The van der Waals surface area contributed by atoms with E-state index in [1.54, 1.807) is 12.1 Å². The van der Waals surface area contributed by atoms with Gasteiger partial charge in [-0.3, -0.25) is 4.79 Å². The van der Waals surface area contributed by atoms with Crippen molar-refractivity contribution in [2.45, 2.75) is 44.8 Å². The smallest absolute Gasteiger partial charge is 0.246 e. The van der Waals surface area contributed by atoms with Crippen LogP contribution in [0.1, 0.15) is 40.4 Å². The normalized spacial score (nSPS) is 12.8. The number of sulfone groups is 1. The van der Waals surface area contributed by atoms with Crippen molar-refractivity contribution in [2.24, 2.45) is 0 Å². The van der Waals surface area contributed by atoms with Crippen LogP contribution in [0.3, 0.4) is 0 Å². The molecule has 1 rings (SSSR count). The number of aromatic nitrogens is 1. The lowest BCUT2D eigenvalue weighted by molar-refractivity contribution is -0.117. The number of rotatable bonds is 4. The molecule has 0 saturated carbocycles. The molecule has 0 spiro atoms. The Morgan fingerprint density at radius 2 is 1.95 bits per heavy atom. The van der Waals surface area contributed by atoms with Crippen LogP contribution in [0.2, 0.25) is 0 Å². The number of nitriles is 1. The molecule has 1 aromatic heterocycles. The van der Waals surface area contributed by atoms with E-state index >= 15 is 0 Å². The molecule has 1 aromatic rings. The molecule has 21 heavy (non-hydrogen) atoms. The minimum absolute atomic E-state index is 0.144. The first-order valence-corrected chi connectivity index (χ1v) is 7.95. The fraction of sp³-hybridized carbons (Fsp3) is 0.615. The van der Waals surface area contributed by atoms with Crippen LogP contribution in [-0.4, -0.2) is 30.0 Å². The topological polar surface area (TPSA) is 113 Å². The first-order chi connectivity index (χ1) is 9.41. The van der Waals surface area contributed by atoms with E-state index in [2.05, 4.69) is 10.5 Å². The molecule has 0 aliphatic heterocycles. The van der Waals surface area contributed by atoms with Crippen LogP contribution in [-0.2, 0) is 20.0 Å². The summed E-state index contributed by atoms with van der Waals surface area (Å²) in [5.74, 6) is -0.772. The van der Waals surface area contributed by atoms with E-state index in [1.165, 1.54) is 13.8 Å². The van der Waals surface area contributed by atoms with Crippen LogP contribution < -0.4 is 5.32 Å². The largest absolute Gasteiger partial charge is 0.359 e. The third-order valence-corrected chi connectivity index (χ3v) is 5.32. The van der Waals surface area contributed by atoms with Crippen molar-refractivity contribution in [1.29, 1.82) is 5.26 Å². The van der Waals surface area contributed by atoms with Crippen molar-refractivity contribution in [3.8, 4) is 6.07 Å². The fourth-order valence-electron chi connectivity index (χ4n) is 1.36. The summed E-state index contributed by atoms with van der Waals surface area (Å²) in [6.45, 7) is 8.25. The van der Waals surface area contributed by atoms with Crippen molar-refractivity contribution in [3.05, 3.63) is 11.8 Å². The van der Waals surface area contributed by atoms with Gasteiger partial charge in [0.2, 0.25) is 5.91 Å². The number of carbonyl (C=O) groups excluding carboxylic acids is 1. The molecule has 1 heterocycles. The third-order valence-electron chi connectivity index (χ3n) is 3.07. The number of amides is 1. The summed E-state index contributed by atoms with van der Waals surface area (Å²) in [5, 5.41) is 14.6. The SMILES string of the molecule is CC(C)(C)c1cc(NC(=O)C(C)(C)S(=O)(=O)CC#N)no1. The highest BCUT2D eigenvalue weighted by atomic mass is 32.2. The quantitative estimate of drug-likeness (QED) is 0.903. The number of hydrogen-bond acceptors (Lipinski definition) is 6. The maximum absolute atomic E-state index is 12.1. The van der Waals surface area contributed by atoms with Gasteiger partial charge in [0.25, 0.3) is 0 Å². The van der Waals surface area contributed by atoms with E-state index in [4.69, 9.17) is 9.78 Å². The van der Waals surface area contributed by atoms with E-state index in [0.29, 0.717) is 5.76 Å². The monoisotopic (exact) mass is 313 g/mol. The Hall–Kier alpha value is -1.88. The molecule has 0 radical (unpaired) electrons. The molecule has 8 heteroatoms. The predicted molar refractivity (Wildman–Crippen MR) is 77.3 cm³/mol. The van der Waals surface area contributed by atoms with Gasteiger partial charge in [-0.2, -0.15) is 5.26 Å². The molecule has 0 aliphatic rings. The van der Waals surface area contributed by atoms with Gasteiger partial charge in [-0.1, -0.05) is 25.9 Å². The molecule has 7 nitrogen and oxygen atoms in total. The predicted octanol–water partition coefficient (Wildman–Crippen LogP) is 1.63. The van der Waals surface area contributed by atoms with Gasteiger partial charge in [-0.15, -0.1) is 0 Å². The summed E-state index contributed by atoms with van der Waals surface area (Å²) in [7, 11) is -3.88. The van der Waals surface area contributed by atoms with Crippen molar-refractivity contribution in [3.63, 3.8) is 0 Å². The fourth-order valence-corrected chi connectivity index (χ4v) is 2.23. The highest BCUT2D eigenvalue weighted by molar-refractivity contribution is 7.93. The molecule has 0 atom stereocenters. The third kappa shape index (κ3) is 3.61. The summed E-state index contributed by atoms with van der Waals surface area (Å²) in [6, 6.07) is 3.10. The summed E-state index contributed by atoms with van der Waals surface area (Å²) in [6.07, 6.45) is 0. The van der Waals surface area contributed by atoms with Crippen molar-refractivity contribution < 1.29 is 17.7 Å². The van der Waals surface area contributed by atoms with Gasteiger partial charge < -0.3 is 9.84 Å². The van der Waals surface area contributed by atoms with E-state index < -0.39 is 26.2 Å². The van der Waals surface area contributed by atoms with Gasteiger partial charge in [0, 0.05) is 11.5 Å². The van der Waals surface area contributed by atoms with E-state index in [9.17, 15) is 13.2 Å². The number of nitrogens with one attached hydrogen (secondary N) is 1. The number of carbonyl (C=O) groups is 1. The highest BCUT2D eigenvalue weighted by Gasteiger charge is 2.41. The molecule has 116 valence electrons. The lowest BCUT2D eigenvalue weighted by Gasteiger charge is -2.21. The summed E-state index contributed by atoms with van der Waals surface area (Å²) in [5.41, 5.74) is -0.279. The second-order valence-electron chi connectivity index (χ2n) is 6.21. The molecule has 0 fully saturated rings. The van der Waals surface area contributed by atoms with Gasteiger partial charge >= 0.3 is 0 Å². The van der Waals surface area contributed by atoms with Crippen molar-refractivity contribution in [2.75, 3.05) is 11.1 Å². The van der Waals surface area contributed by atoms with Crippen LogP contribution in [0.15, 0.2) is 10.6 Å². The lowest BCUT2D eigenvalue weighted by atomic mass is 9.93. The van der Waals surface area contributed by atoms with Crippen LogP contribution in [0, 0.1) is 11.3 Å². The molecule has 0 aromatic carbocycles. The standard InChI is InChI=1S/C13H19N3O4S/c1-12(2,3)9-8-10(16-20-9)15-11(17)13(4,5)21(18,19)7-6-14/h8H,7H2,1-5H3,(H,15,16,17). The van der Waals surface area contributed by atoms with Crippen LogP contribution in [0.25, 0.3) is 0 Å². The first-order valence-electron chi connectivity index (χ1n) is 6.30. The Labute approximate surface area is 124 Å². The lowest BCUT2D eigenvalue weighted by Crippen LogP contribution is -2.45. The summed E-state index contributed by atoms with van der Waals surface area (Å²) >= 11 is 0. The van der Waals surface area contributed by atoms with Crippen molar-refractivity contribution >= 4 is 21.6 Å². The Kier molecular flexibility index (Phi) is 4.48. The number of hydrogen-bond donors (Lipinski definition) is 1. The zero-order valence-corrected chi connectivity index (χ0v) is 13.5. The first kappa shape index (κ1) is 17.2. The van der Waals surface area contributed by atoms with Crippen LogP contribution in [0.4, 0.5) is 5.82 Å². The minimum Gasteiger partial charge on any atom is -0.359 e. The Morgan fingerprint density at radius 1 is 1.38 bits per heavy atom. The van der Waals surface area contributed by atoms with Gasteiger partial charge in [-0.25, -0.2) is 8.42 Å². The van der Waals surface area contributed by atoms with E-state index in [1.807, 2.05) is 20.8 Å². The Balaban J connectivity index is 2.96. The zero-order valence-electron chi connectivity index (χ0n) is 12.7. The van der Waals surface area contributed by atoms with Gasteiger partial charge in [-0.05, 0) is 13.8 Å². The molecule has 1 amide bonds. The van der Waals surface area contributed by atoms with Gasteiger partial charge in [0.05, 0.1) is 6.07 Å². The molecular weight excluding hydrogens is 294 g/mol. The molecule has 0 saturated heterocycles. The molecule has 0 bridgehead atoms. The second-order valence-corrected chi connectivity index (χ2v) is 8.75. The van der Waals surface area contributed by atoms with Crippen molar-refractivity contribution in [1.82, 2.24) is 5.16 Å². The molecule has 0 aliphatic carbocycles. The number of anilines is 1. The summed E-state index contributed by atoms with van der Waals surface area (Å²) in [4.78, 5) is 12.1. The molecule has 0 unspecified atom stereocenters. The zero-order chi connectivity index (χ0) is 16.5. The number of nitrogens with zero attached hydrogens (tertiary/aromatic N) is 2.